The highest BCUT2D eigenvalue weighted by Gasteiger charge is 2.30. The van der Waals surface area contributed by atoms with Crippen LogP contribution in [0.3, 0.4) is 0 Å². The van der Waals surface area contributed by atoms with Gasteiger partial charge in [0.05, 0.1) is 13.0 Å². The van der Waals surface area contributed by atoms with E-state index in [9.17, 15) is 14.4 Å². The number of hydrogen-bond donors (Lipinski definition) is 1. The molecule has 0 fully saturated rings. The van der Waals surface area contributed by atoms with Crippen LogP contribution in [0.5, 0.6) is 0 Å². The maximum atomic E-state index is 12.4. The summed E-state index contributed by atoms with van der Waals surface area (Å²) in [6, 6.07) is 5.61. The zero-order valence-electron chi connectivity index (χ0n) is 17.3. The summed E-state index contributed by atoms with van der Waals surface area (Å²) in [7, 11) is 0. The Kier molecular flexibility index (Phi) is 6.17. The van der Waals surface area contributed by atoms with E-state index in [1.165, 1.54) is 0 Å². The van der Waals surface area contributed by atoms with Crippen molar-refractivity contribution in [1.82, 2.24) is 4.90 Å². The molecule has 2 rings (SSSR count). The maximum absolute atomic E-state index is 12.4. The molecule has 1 aliphatic rings. The number of ether oxygens (including phenoxy) is 2. The van der Waals surface area contributed by atoms with Crippen molar-refractivity contribution in [3.05, 3.63) is 35.4 Å². The Labute approximate surface area is 165 Å². The minimum Gasteiger partial charge on any atom is -0.443 e. The monoisotopic (exact) mass is 388 g/mol. The lowest BCUT2D eigenvalue weighted by molar-refractivity contribution is -0.115. The molecule has 0 aliphatic carbocycles. The van der Waals surface area contributed by atoms with Gasteiger partial charge in [-0.2, -0.15) is 0 Å². The standard InChI is InChI=1S/C21H28N2O5/c1-20(2,3)27-18(25)23(19(26)28-21(4,5)6)11-7-8-14-9-10-15-13-17(24)22-16(15)12-14/h7-10,12H,11,13H2,1-6H3,(H,22,24)/b8-7+. The van der Waals surface area contributed by atoms with Gasteiger partial charge in [0.15, 0.2) is 0 Å². The smallest absolute Gasteiger partial charge is 0.420 e. The molecule has 0 bridgehead atoms. The van der Waals surface area contributed by atoms with Crippen molar-refractivity contribution >= 4 is 29.9 Å². The summed E-state index contributed by atoms with van der Waals surface area (Å²) in [5, 5.41) is 2.79. The Bertz CT molecular complexity index is 772. The summed E-state index contributed by atoms with van der Waals surface area (Å²) >= 11 is 0. The molecule has 1 N–H and O–H groups in total. The van der Waals surface area contributed by atoms with Crippen molar-refractivity contribution in [3.63, 3.8) is 0 Å². The van der Waals surface area contributed by atoms with E-state index in [4.69, 9.17) is 9.47 Å². The predicted octanol–water partition coefficient (Wildman–Crippen LogP) is 4.37. The largest absolute Gasteiger partial charge is 0.443 e. The average Bonchev–Trinajstić information content (AvgIpc) is 2.87. The van der Waals surface area contributed by atoms with Crippen LogP contribution in [0.2, 0.25) is 0 Å². The maximum Gasteiger partial charge on any atom is 0.420 e. The van der Waals surface area contributed by atoms with E-state index in [0.29, 0.717) is 6.42 Å². The third-order valence-corrected chi connectivity index (χ3v) is 3.59. The van der Waals surface area contributed by atoms with Gasteiger partial charge < -0.3 is 14.8 Å². The van der Waals surface area contributed by atoms with Crippen LogP contribution in [0.4, 0.5) is 15.3 Å². The second-order valence-corrected chi connectivity index (χ2v) is 8.62. The van der Waals surface area contributed by atoms with Crippen molar-refractivity contribution in [2.75, 3.05) is 11.9 Å². The lowest BCUT2D eigenvalue weighted by atomic mass is 10.1. The van der Waals surface area contributed by atoms with Gasteiger partial charge in [0, 0.05) is 5.69 Å². The zero-order chi connectivity index (χ0) is 21.1. The Balaban J connectivity index is 2.12. The van der Waals surface area contributed by atoms with Crippen molar-refractivity contribution in [1.29, 1.82) is 0 Å². The molecule has 1 aromatic rings. The highest BCUT2D eigenvalue weighted by atomic mass is 16.6. The van der Waals surface area contributed by atoms with Crippen LogP contribution >= 0.6 is 0 Å². The second kappa shape index (κ2) is 8.04. The fourth-order valence-corrected chi connectivity index (χ4v) is 2.49. The minimum absolute atomic E-state index is 0.00668. The summed E-state index contributed by atoms with van der Waals surface area (Å²) in [4.78, 5) is 37.3. The van der Waals surface area contributed by atoms with Crippen molar-refractivity contribution in [2.45, 2.75) is 59.2 Å². The molecule has 0 unspecified atom stereocenters. The summed E-state index contributed by atoms with van der Waals surface area (Å²) in [6.45, 7) is 10.4. The number of benzene rings is 1. The number of amides is 3. The molecule has 0 saturated heterocycles. The highest BCUT2D eigenvalue weighted by molar-refractivity contribution is 5.99. The SMILES string of the molecule is CC(C)(C)OC(=O)N(C/C=C/c1ccc2c(c1)NC(=O)C2)C(=O)OC(C)(C)C. The van der Waals surface area contributed by atoms with Crippen LogP contribution in [0.25, 0.3) is 6.08 Å². The van der Waals surface area contributed by atoms with Gasteiger partial charge in [-0.05, 0) is 58.7 Å². The van der Waals surface area contributed by atoms with Gasteiger partial charge in [0.25, 0.3) is 0 Å². The lowest BCUT2D eigenvalue weighted by Crippen LogP contribution is -2.43. The first-order valence-electron chi connectivity index (χ1n) is 9.17. The summed E-state index contributed by atoms with van der Waals surface area (Å²) < 4.78 is 10.6. The van der Waals surface area contributed by atoms with Gasteiger partial charge >= 0.3 is 12.2 Å². The van der Waals surface area contributed by atoms with Gasteiger partial charge in [-0.15, -0.1) is 0 Å². The summed E-state index contributed by atoms with van der Waals surface area (Å²) in [5.41, 5.74) is 1.10. The lowest BCUT2D eigenvalue weighted by Gasteiger charge is -2.28. The van der Waals surface area contributed by atoms with Gasteiger partial charge in [0.2, 0.25) is 5.91 Å². The van der Waals surface area contributed by atoms with Crippen molar-refractivity contribution in [2.24, 2.45) is 0 Å². The number of fused-ring (bicyclic) bond motifs is 1. The first kappa shape index (κ1) is 21.5. The van der Waals surface area contributed by atoms with E-state index in [1.54, 1.807) is 53.7 Å². The Morgan fingerprint density at radius 1 is 1.07 bits per heavy atom. The highest BCUT2D eigenvalue weighted by Crippen LogP contribution is 2.24. The fourth-order valence-electron chi connectivity index (χ4n) is 2.49. The van der Waals surface area contributed by atoms with Crippen molar-refractivity contribution < 1.29 is 23.9 Å². The van der Waals surface area contributed by atoms with E-state index in [0.717, 1.165) is 21.7 Å². The fraction of sp³-hybridized carbons (Fsp3) is 0.476. The number of imide groups is 1. The Morgan fingerprint density at radius 3 is 2.18 bits per heavy atom. The van der Waals surface area contributed by atoms with E-state index in [1.807, 2.05) is 18.2 Å². The third-order valence-electron chi connectivity index (χ3n) is 3.59. The normalized spacial score (nSPS) is 13.9. The van der Waals surface area contributed by atoms with Crippen LogP contribution in [0, 0.1) is 0 Å². The first-order chi connectivity index (χ1) is 12.8. The molecular formula is C21H28N2O5. The molecule has 28 heavy (non-hydrogen) atoms. The van der Waals surface area contributed by atoms with E-state index in [2.05, 4.69) is 5.32 Å². The van der Waals surface area contributed by atoms with Gasteiger partial charge in [-0.3, -0.25) is 4.79 Å². The number of nitrogens with zero attached hydrogens (tertiary/aromatic N) is 1. The molecule has 7 nitrogen and oxygen atoms in total. The molecule has 3 amide bonds. The van der Waals surface area contributed by atoms with E-state index >= 15 is 0 Å². The summed E-state index contributed by atoms with van der Waals surface area (Å²) in [5.74, 6) is -0.0304. The van der Waals surface area contributed by atoms with Crippen LogP contribution in [-0.2, 0) is 20.7 Å². The molecule has 0 spiro atoms. The molecule has 0 radical (unpaired) electrons. The summed E-state index contributed by atoms with van der Waals surface area (Å²) in [6.07, 6.45) is 2.28. The molecule has 0 aromatic heterocycles. The van der Waals surface area contributed by atoms with Crippen LogP contribution in [0.1, 0.15) is 52.7 Å². The van der Waals surface area contributed by atoms with E-state index in [-0.39, 0.29) is 12.5 Å². The Hall–Kier alpha value is -2.83. The van der Waals surface area contributed by atoms with Gasteiger partial charge in [-0.1, -0.05) is 24.3 Å². The third kappa shape index (κ3) is 6.40. The number of rotatable bonds is 3. The van der Waals surface area contributed by atoms with Crippen molar-refractivity contribution in [3.8, 4) is 0 Å². The van der Waals surface area contributed by atoms with Crippen LogP contribution in [-0.4, -0.2) is 40.7 Å². The van der Waals surface area contributed by atoms with Gasteiger partial charge in [0.1, 0.15) is 11.2 Å². The molecule has 7 heteroatoms. The zero-order valence-corrected chi connectivity index (χ0v) is 17.3. The quantitative estimate of drug-likeness (QED) is 0.831. The van der Waals surface area contributed by atoms with Gasteiger partial charge in [-0.25, -0.2) is 14.5 Å². The van der Waals surface area contributed by atoms with Crippen LogP contribution < -0.4 is 5.32 Å². The molecule has 152 valence electrons. The minimum atomic E-state index is -0.771. The number of hydrogen-bond acceptors (Lipinski definition) is 5. The number of carbonyl (C=O) groups is 3. The second-order valence-electron chi connectivity index (χ2n) is 8.62. The molecule has 1 aromatic carbocycles. The molecule has 0 atom stereocenters. The first-order valence-corrected chi connectivity index (χ1v) is 9.17. The number of carbonyl (C=O) groups excluding carboxylic acids is 3. The molecular weight excluding hydrogens is 360 g/mol. The molecule has 1 heterocycles. The van der Waals surface area contributed by atoms with E-state index < -0.39 is 23.4 Å². The average molecular weight is 388 g/mol. The Morgan fingerprint density at radius 2 is 1.64 bits per heavy atom. The topological polar surface area (TPSA) is 84.9 Å². The molecule has 0 saturated carbocycles. The number of anilines is 1. The molecule has 1 aliphatic heterocycles. The number of nitrogens with one attached hydrogen (secondary N) is 1. The predicted molar refractivity (Wildman–Crippen MR) is 107 cm³/mol. The van der Waals surface area contributed by atoms with Crippen LogP contribution in [0.15, 0.2) is 24.3 Å².